The molecule has 0 bridgehead atoms. The molecule has 1 heterocycles. The minimum absolute atomic E-state index is 0.0489. The average molecular weight is 334 g/mol. The van der Waals surface area contributed by atoms with Crippen molar-refractivity contribution in [1.29, 1.82) is 0 Å². The number of rotatable bonds is 4. The van der Waals surface area contributed by atoms with Gasteiger partial charge in [0.15, 0.2) is 0 Å². The van der Waals surface area contributed by atoms with E-state index in [0.29, 0.717) is 0 Å². The lowest BCUT2D eigenvalue weighted by molar-refractivity contribution is -0.146. The van der Waals surface area contributed by atoms with E-state index in [1.54, 1.807) is 6.92 Å². The summed E-state index contributed by atoms with van der Waals surface area (Å²) in [5.41, 5.74) is -1.07. The topological polar surface area (TPSA) is 83.9 Å². The molecular weight excluding hydrogens is 318 g/mol. The number of carboxylic acids is 1. The lowest BCUT2D eigenvalue weighted by atomic mass is 9.90. The summed E-state index contributed by atoms with van der Waals surface area (Å²) >= 11 is 5.86. The molecule has 0 saturated carbocycles. The molecule has 21 heavy (non-hydrogen) atoms. The zero-order valence-corrected chi connectivity index (χ0v) is 13.2. The van der Waals surface area contributed by atoms with Crippen LogP contribution in [-0.2, 0) is 14.8 Å². The Morgan fingerprint density at radius 3 is 2.67 bits per heavy atom. The van der Waals surface area contributed by atoms with Crippen LogP contribution < -0.4 is 4.74 Å². The Bertz CT molecular complexity index is 675. The van der Waals surface area contributed by atoms with Gasteiger partial charge in [-0.25, -0.2) is 8.42 Å². The van der Waals surface area contributed by atoms with Gasteiger partial charge in [0.05, 0.1) is 12.5 Å². The van der Waals surface area contributed by atoms with E-state index in [0.717, 1.165) is 4.31 Å². The maximum atomic E-state index is 12.7. The minimum Gasteiger partial charge on any atom is -0.495 e. The van der Waals surface area contributed by atoms with Crippen LogP contribution in [0.4, 0.5) is 0 Å². The van der Waals surface area contributed by atoms with Crippen LogP contribution >= 0.6 is 11.6 Å². The van der Waals surface area contributed by atoms with E-state index in [2.05, 4.69) is 0 Å². The number of carboxylic acid groups (broad SMARTS) is 1. The summed E-state index contributed by atoms with van der Waals surface area (Å²) < 4.78 is 31.6. The first-order valence-electron chi connectivity index (χ1n) is 6.28. The SMILES string of the molecule is COc1ccc(Cl)cc1S(=O)(=O)N1CCC(C)(C(=O)O)C1. The van der Waals surface area contributed by atoms with Crippen LogP contribution in [0.15, 0.2) is 23.1 Å². The average Bonchev–Trinajstić information content (AvgIpc) is 2.83. The largest absolute Gasteiger partial charge is 0.495 e. The van der Waals surface area contributed by atoms with Crippen molar-refractivity contribution in [2.24, 2.45) is 5.41 Å². The first-order chi connectivity index (χ1) is 9.70. The molecule has 1 N–H and O–H groups in total. The van der Waals surface area contributed by atoms with E-state index in [-0.39, 0.29) is 35.2 Å². The highest BCUT2D eigenvalue weighted by Gasteiger charge is 2.45. The van der Waals surface area contributed by atoms with Gasteiger partial charge in [-0.05, 0) is 31.5 Å². The molecule has 2 rings (SSSR count). The Kier molecular flexibility index (Phi) is 4.19. The van der Waals surface area contributed by atoms with E-state index >= 15 is 0 Å². The van der Waals surface area contributed by atoms with Crippen LogP contribution in [0.2, 0.25) is 5.02 Å². The number of carbonyl (C=O) groups is 1. The summed E-state index contributed by atoms with van der Waals surface area (Å²) in [5, 5.41) is 9.48. The van der Waals surface area contributed by atoms with Crippen LogP contribution in [0.1, 0.15) is 13.3 Å². The van der Waals surface area contributed by atoms with Crippen molar-refractivity contribution in [2.45, 2.75) is 18.2 Å². The van der Waals surface area contributed by atoms with E-state index in [9.17, 15) is 18.3 Å². The Balaban J connectivity index is 2.41. The van der Waals surface area contributed by atoms with Crippen molar-refractivity contribution in [1.82, 2.24) is 4.31 Å². The first kappa shape index (κ1) is 16.1. The van der Waals surface area contributed by atoms with E-state index in [4.69, 9.17) is 16.3 Å². The van der Waals surface area contributed by atoms with Gasteiger partial charge < -0.3 is 9.84 Å². The normalized spacial score (nSPS) is 23.2. The fraction of sp³-hybridized carbons (Fsp3) is 0.462. The van der Waals surface area contributed by atoms with Gasteiger partial charge in [0, 0.05) is 18.1 Å². The lowest BCUT2D eigenvalue weighted by Gasteiger charge is -2.21. The van der Waals surface area contributed by atoms with E-state index < -0.39 is 21.4 Å². The third-order valence-electron chi connectivity index (χ3n) is 3.70. The molecule has 1 aromatic carbocycles. The second-order valence-corrected chi connectivity index (χ2v) is 7.59. The molecule has 1 aliphatic heterocycles. The van der Waals surface area contributed by atoms with Gasteiger partial charge in [0.1, 0.15) is 10.6 Å². The molecule has 0 aromatic heterocycles. The van der Waals surface area contributed by atoms with Crippen molar-refractivity contribution in [3.05, 3.63) is 23.2 Å². The molecule has 1 atom stereocenters. The summed E-state index contributed by atoms with van der Waals surface area (Å²) in [6.45, 7) is 1.63. The smallest absolute Gasteiger partial charge is 0.310 e. The molecule has 0 amide bonds. The first-order valence-corrected chi connectivity index (χ1v) is 8.09. The minimum atomic E-state index is -3.85. The zero-order chi connectivity index (χ0) is 15.8. The number of nitrogens with zero attached hydrogens (tertiary/aromatic N) is 1. The fourth-order valence-electron chi connectivity index (χ4n) is 2.29. The van der Waals surface area contributed by atoms with Crippen molar-refractivity contribution in [3.8, 4) is 5.75 Å². The summed E-state index contributed by atoms with van der Waals surface area (Å²) in [4.78, 5) is 11.2. The molecule has 0 aliphatic carbocycles. The van der Waals surface area contributed by atoms with Crippen molar-refractivity contribution in [2.75, 3.05) is 20.2 Å². The van der Waals surface area contributed by atoms with Crippen LogP contribution in [0.25, 0.3) is 0 Å². The van der Waals surface area contributed by atoms with Crippen molar-refractivity contribution < 1.29 is 23.1 Å². The third kappa shape index (κ3) is 2.86. The van der Waals surface area contributed by atoms with Crippen molar-refractivity contribution >= 4 is 27.6 Å². The Morgan fingerprint density at radius 1 is 1.48 bits per heavy atom. The fourth-order valence-corrected chi connectivity index (χ4v) is 4.27. The number of hydrogen-bond donors (Lipinski definition) is 1. The zero-order valence-electron chi connectivity index (χ0n) is 11.7. The molecule has 1 aliphatic rings. The number of ether oxygens (including phenoxy) is 1. The maximum Gasteiger partial charge on any atom is 0.310 e. The van der Waals surface area contributed by atoms with Gasteiger partial charge >= 0.3 is 5.97 Å². The number of sulfonamides is 1. The molecule has 0 spiro atoms. The number of aliphatic carboxylic acids is 1. The molecule has 1 unspecified atom stereocenters. The third-order valence-corrected chi connectivity index (χ3v) is 5.80. The highest BCUT2D eigenvalue weighted by Crippen LogP contribution is 2.36. The Labute approximate surface area is 128 Å². The highest BCUT2D eigenvalue weighted by atomic mass is 35.5. The molecule has 8 heteroatoms. The summed E-state index contributed by atoms with van der Waals surface area (Å²) in [5.74, 6) is -0.818. The van der Waals surface area contributed by atoms with E-state index in [1.807, 2.05) is 0 Å². The lowest BCUT2D eigenvalue weighted by Crippen LogP contribution is -2.35. The van der Waals surface area contributed by atoms with Crippen molar-refractivity contribution in [3.63, 3.8) is 0 Å². The number of hydrogen-bond acceptors (Lipinski definition) is 4. The van der Waals surface area contributed by atoms with Gasteiger partial charge in [-0.3, -0.25) is 4.79 Å². The van der Waals surface area contributed by atoms with Crippen LogP contribution in [-0.4, -0.2) is 44.0 Å². The summed E-state index contributed by atoms with van der Waals surface area (Å²) in [6.07, 6.45) is 0.268. The molecule has 1 saturated heterocycles. The standard InChI is InChI=1S/C13H16ClNO5S/c1-13(12(16)17)5-6-15(8-13)21(18,19)11-7-9(14)3-4-10(11)20-2/h3-4,7H,5-6,8H2,1-2H3,(H,16,17). The molecule has 1 fully saturated rings. The van der Waals surface area contributed by atoms with Gasteiger partial charge in [-0.1, -0.05) is 11.6 Å². The highest BCUT2D eigenvalue weighted by molar-refractivity contribution is 7.89. The number of halogens is 1. The number of methoxy groups -OCH3 is 1. The maximum absolute atomic E-state index is 12.7. The van der Waals surface area contributed by atoms with Crippen LogP contribution in [0.3, 0.4) is 0 Å². The molecule has 116 valence electrons. The van der Waals surface area contributed by atoms with Gasteiger partial charge in [-0.15, -0.1) is 0 Å². The summed E-state index contributed by atoms with van der Waals surface area (Å²) in [7, 11) is -2.48. The second kappa shape index (κ2) is 5.47. The second-order valence-electron chi connectivity index (χ2n) is 5.25. The molecule has 0 radical (unpaired) electrons. The molecular formula is C13H16ClNO5S. The predicted octanol–water partition coefficient (Wildman–Crippen LogP) is 1.83. The Morgan fingerprint density at radius 2 is 2.14 bits per heavy atom. The van der Waals surface area contributed by atoms with E-state index in [1.165, 1.54) is 25.3 Å². The van der Waals surface area contributed by atoms with Crippen LogP contribution in [0.5, 0.6) is 5.75 Å². The molecule has 6 nitrogen and oxygen atoms in total. The quantitative estimate of drug-likeness (QED) is 0.908. The van der Waals surface area contributed by atoms with Gasteiger partial charge in [-0.2, -0.15) is 4.31 Å². The summed E-state index contributed by atoms with van der Waals surface area (Å²) in [6, 6.07) is 4.32. The predicted molar refractivity (Wildman–Crippen MR) is 77.1 cm³/mol. The molecule has 1 aromatic rings. The Hall–Kier alpha value is -1.31. The number of benzene rings is 1. The van der Waals surface area contributed by atoms with Gasteiger partial charge in [0.25, 0.3) is 0 Å². The monoisotopic (exact) mass is 333 g/mol. The van der Waals surface area contributed by atoms with Gasteiger partial charge in [0.2, 0.25) is 10.0 Å². The van der Waals surface area contributed by atoms with Crippen LogP contribution in [0, 0.1) is 5.41 Å².